The monoisotopic (exact) mass is 372 g/mol. The quantitative estimate of drug-likeness (QED) is 0.578. The van der Waals surface area contributed by atoms with Crippen molar-refractivity contribution in [2.75, 3.05) is 0 Å². The second-order valence-corrected chi connectivity index (χ2v) is 6.41. The molecule has 0 saturated carbocycles. The third-order valence-corrected chi connectivity index (χ3v) is 4.60. The van der Waals surface area contributed by atoms with Crippen molar-refractivity contribution in [2.45, 2.75) is 25.3 Å². The van der Waals surface area contributed by atoms with E-state index in [2.05, 4.69) is 15.9 Å². The van der Waals surface area contributed by atoms with E-state index in [1.165, 1.54) is 0 Å². The lowest BCUT2D eigenvalue weighted by molar-refractivity contribution is 0.242. The lowest BCUT2D eigenvalue weighted by Crippen LogP contribution is -2.05. The van der Waals surface area contributed by atoms with Gasteiger partial charge in [-0.15, -0.1) is 11.6 Å². The number of rotatable bonds is 4. The van der Waals surface area contributed by atoms with Gasteiger partial charge in [0, 0.05) is 4.47 Å². The van der Waals surface area contributed by atoms with Crippen LogP contribution in [0.3, 0.4) is 0 Å². The van der Waals surface area contributed by atoms with E-state index >= 15 is 0 Å². The topological polar surface area (TPSA) is 9.23 Å². The normalized spacial score (nSPS) is 12.5. The zero-order chi connectivity index (χ0) is 14.7. The van der Waals surface area contributed by atoms with Crippen molar-refractivity contribution in [3.63, 3.8) is 0 Å². The van der Waals surface area contributed by atoms with Crippen molar-refractivity contribution in [2.24, 2.45) is 0 Å². The predicted octanol–water partition coefficient (Wildman–Crippen LogP) is 6.22. The van der Waals surface area contributed by atoms with E-state index in [9.17, 15) is 0 Å². The third kappa shape index (κ3) is 3.69. The maximum atomic E-state index is 6.52. The molecule has 2 aromatic rings. The summed E-state index contributed by atoms with van der Waals surface area (Å²) in [4.78, 5) is 0. The number of ether oxygens (including phenoxy) is 1. The highest BCUT2D eigenvalue weighted by Crippen LogP contribution is 2.37. The Bertz CT molecular complexity index is 582. The molecule has 0 saturated heterocycles. The third-order valence-electron chi connectivity index (χ3n) is 2.80. The van der Waals surface area contributed by atoms with Gasteiger partial charge in [-0.1, -0.05) is 35.9 Å². The van der Waals surface area contributed by atoms with Gasteiger partial charge in [-0.2, -0.15) is 0 Å². The number of alkyl halides is 1. The number of hydrogen-bond donors (Lipinski definition) is 0. The Balaban J connectivity index is 2.25. The highest BCUT2D eigenvalue weighted by atomic mass is 79.9. The van der Waals surface area contributed by atoms with Crippen LogP contribution in [0.5, 0.6) is 5.75 Å². The summed E-state index contributed by atoms with van der Waals surface area (Å²) in [7, 11) is 0. The first-order valence-electron chi connectivity index (χ1n) is 6.33. The van der Waals surface area contributed by atoms with Crippen LogP contribution in [-0.4, -0.2) is 6.10 Å². The van der Waals surface area contributed by atoms with Crippen LogP contribution in [0.4, 0.5) is 0 Å². The Morgan fingerprint density at radius 1 is 1.05 bits per heavy atom. The van der Waals surface area contributed by atoms with Crippen LogP contribution in [0, 0.1) is 0 Å². The van der Waals surface area contributed by atoms with Crippen molar-refractivity contribution >= 4 is 39.1 Å². The van der Waals surface area contributed by atoms with Crippen LogP contribution in [0.25, 0.3) is 0 Å². The fourth-order valence-corrected chi connectivity index (χ4v) is 2.88. The zero-order valence-corrected chi connectivity index (χ0v) is 14.3. The first-order valence-corrected chi connectivity index (χ1v) is 7.94. The molecule has 2 rings (SSSR count). The number of halogens is 3. The molecule has 0 radical (unpaired) electrons. The summed E-state index contributed by atoms with van der Waals surface area (Å²) in [5.74, 6) is 0.841. The van der Waals surface area contributed by atoms with Crippen molar-refractivity contribution < 1.29 is 4.74 Å². The molecule has 0 aliphatic rings. The summed E-state index contributed by atoms with van der Waals surface area (Å²) < 4.78 is 6.47. The molecule has 0 aliphatic heterocycles. The van der Waals surface area contributed by atoms with Gasteiger partial charge in [0.15, 0.2) is 0 Å². The van der Waals surface area contributed by atoms with Crippen LogP contribution in [0.1, 0.15) is 30.4 Å². The first kappa shape index (κ1) is 15.7. The average molecular weight is 374 g/mol. The Morgan fingerprint density at radius 2 is 1.70 bits per heavy atom. The molecule has 1 nitrogen and oxygen atoms in total. The second kappa shape index (κ2) is 6.84. The van der Waals surface area contributed by atoms with E-state index < -0.39 is 0 Å². The molecule has 0 aromatic heterocycles. The Labute approximate surface area is 138 Å². The van der Waals surface area contributed by atoms with Crippen LogP contribution in [0.2, 0.25) is 5.02 Å². The maximum absolute atomic E-state index is 6.52. The molecule has 0 spiro atoms. The van der Waals surface area contributed by atoms with E-state index in [0.29, 0.717) is 5.02 Å². The standard InChI is InChI=1S/C16H15BrCl2O/c1-10(2)20-12-8-6-11(7-9-12)15(18)13-4-3-5-14(17)16(13)19/h3-10,15H,1-2H3. The molecule has 20 heavy (non-hydrogen) atoms. The molecule has 0 N–H and O–H groups in total. The molecule has 0 bridgehead atoms. The van der Waals surface area contributed by atoms with Crippen LogP contribution < -0.4 is 4.74 Å². The lowest BCUT2D eigenvalue weighted by Gasteiger charge is -2.14. The molecule has 106 valence electrons. The molecule has 4 heteroatoms. The molecular formula is C16H15BrCl2O. The van der Waals surface area contributed by atoms with Crippen LogP contribution >= 0.6 is 39.1 Å². The van der Waals surface area contributed by atoms with Gasteiger partial charge in [0.1, 0.15) is 5.75 Å². The summed E-state index contributed by atoms with van der Waals surface area (Å²) in [6, 6.07) is 13.5. The van der Waals surface area contributed by atoms with Crippen LogP contribution in [-0.2, 0) is 0 Å². The minimum atomic E-state index is -0.284. The fourth-order valence-electron chi connectivity index (χ4n) is 1.88. The highest BCUT2D eigenvalue weighted by molar-refractivity contribution is 9.10. The predicted molar refractivity (Wildman–Crippen MR) is 89.1 cm³/mol. The Hall–Kier alpha value is -0.700. The van der Waals surface area contributed by atoms with E-state index in [1.54, 1.807) is 0 Å². The van der Waals surface area contributed by atoms with Gasteiger partial charge in [-0.05, 0) is 59.1 Å². The van der Waals surface area contributed by atoms with Crippen molar-refractivity contribution in [1.29, 1.82) is 0 Å². The molecule has 1 unspecified atom stereocenters. The first-order chi connectivity index (χ1) is 9.49. The van der Waals surface area contributed by atoms with Gasteiger partial charge in [-0.25, -0.2) is 0 Å². The van der Waals surface area contributed by atoms with Crippen molar-refractivity contribution in [3.8, 4) is 5.75 Å². The minimum absolute atomic E-state index is 0.159. The van der Waals surface area contributed by atoms with Gasteiger partial charge in [-0.3, -0.25) is 0 Å². The molecule has 0 fully saturated rings. The molecule has 0 aliphatic carbocycles. The number of hydrogen-bond acceptors (Lipinski definition) is 1. The molecule has 0 amide bonds. The van der Waals surface area contributed by atoms with E-state index in [-0.39, 0.29) is 11.5 Å². The molecular weight excluding hydrogens is 359 g/mol. The largest absolute Gasteiger partial charge is 0.491 e. The van der Waals surface area contributed by atoms with E-state index in [4.69, 9.17) is 27.9 Å². The second-order valence-electron chi connectivity index (χ2n) is 4.74. The molecule has 0 heterocycles. The molecule has 2 aromatic carbocycles. The Morgan fingerprint density at radius 3 is 2.30 bits per heavy atom. The van der Waals surface area contributed by atoms with Gasteiger partial charge in [0.25, 0.3) is 0 Å². The van der Waals surface area contributed by atoms with Crippen molar-refractivity contribution in [3.05, 3.63) is 63.1 Å². The molecule has 1 atom stereocenters. The van der Waals surface area contributed by atoms with E-state index in [1.807, 2.05) is 56.3 Å². The fraction of sp³-hybridized carbons (Fsp3) is 0.250. The Kier molecular flexibility index (Phi) is 5.36. The van der Waals surface area contributed by atoms with Gasteiger partial charge >= 0.3 is 0 Å². The zero-order valence-electron chi connectivity index (χ0n) is 11.2. The summed E-state index contributed by atoms with van der Waals surface area (Å²) >= 11 is 16.2. The van der Waals surface area contributed by atoms with Gasteiger partial charge < -0.3 is 4.74 Å². The van der Waals surface area contributed by atoms with Crippen molar-refractivity contribution in [1.82, 2.24) is 0 Å². The number of benzene rings is 2. The van der Waals surface area contributed by atoms with Crippen LogP contribution in [0.15, 0.2) is 46.9 Å². The summed E-state index contributed by atoms with van der Waals surface area (Å²) in [5, 5.41) is 0.364. The smallest absolute Gasteiger partial charge is 0.119 e. The summed E-state index contributed by atoms with van der Waals surface area (Å²) in [5.41, 5.74) is 1.88. The van der Waals surface area contributed by atoms with Gasteiger partial charge in [0.2, 0.25) is 0 Å². The maximum Gasteiger partial charge on any atom is 0.119 e. The minimum Gasteiger partial charge on any atom is -0.491 e. The van der Waals surface area contributed by atoms with E-state index in [0.717, 1.165) is 21.3 Å². The summed E-state index contributed by atoms with van der Waals surface area (Å²) in [6.45, 7) is 4.00. The average Bonchev–Trinajstić information content (AvgIpc) is 2.41. The summed E-state index contributed by atoms with van der Waals surface area (Å²) in [6.07, 6.45) is 0.159. The highest BCUT2D eigenvalue weighted by Gasteiger charge is 2.15. The lowest BCUT2D eigenvalue weighted by atomic mass is 10.0. The van der Waals surface area contributed by atoms with Gasteiger partial charge in [0.05, 0.1) is 16.5 Å². The SMILES string of the molecule is CC(C)Oc1ccc(C(Cl)c2cccc(Br)c2Cl)cc1.